The topological polar surface area (TPSA) is 63.1 Å². The minimum atomic E-state index is -0.253. The lowest BCUT2D eigenvalue weighted by Gasteiger charge is -2.30. The number of amides is 1. The first-order valence-corrected chi connectivity index (χ1v) is 8.94. The third kappa shape index (κ3) is 3.44. The summed E-state index contributed by atoms with van der Waals surface area (Å²) in [6.45, 7) is 2.05. The van der Waals surface area contributed by atoms with Gasteiger partial charge in [-0.2, -0.15) is 9.90 Å². The van der Waals surface area contributed by atoms with Gasteiger partial charge in [-0.05, 0) is 43.5 Å². The number of hydrogen-bond acceptors (Lipinski definition) is 4. The summed E-state index contributed by atoms with van der Waals surface area (Å²) in [5, 5.41) is 11.5. The Labute approximate surface area is 152 Å². The molecule has 0 spiro atoms. The Morgan fingerprint density at radius 2 is 1.65 bits per heavy atom. The lowest BCUT2D eigenvalue weighted by atomic mass is 10.1. The van der Waals surface area contributed by atoms with Crippen LogP contribution in [0.3, 0.4) is 0 Å². The van der Waals surface area contributed by atoms with Crippen LogP contribution >= 0.6 is 0 Å². The third-order valence-corrected chi connectivity index (χ3v) is 4.56. The van der Waals surface area contributed by atoms with E-state index >= 15 is 0 Å². The predicted octanol–water partition coefficient (Wildman–Crippen LogP) is 3.51. The smallest absolute Gasteiger partial charge is 0.277 e. The number of para-hydroxylation sites is 3. The van der Waals surface area contributed by atoms with Gasteiger partial charge in [0.25, 0.3) is 5.91 Å². The molecule has 1 aliphatic heterocycles. The van der Waals surface area contributed by atoms with Crippen molar-refractivity contribution in [1.82, 2.24) is 15.0 Å². The largest absolute Gasteiger partial charge is 0.370 e. The molecule has 2 aromatic carbocycles. The molecule has 2 heterocycles. The fraction of sp³-hybridized carbons (Fsp3) is 0.250. The SMILES string of the molecule is O=C(Nc1ccccc1N1CCCCC1)c1cnn(-c2ccccc2)n1. The zero-order chi connectivity index (χ0) is 17.8. The van der Waals surface area contributed by atoms with Crippen molar-refractivity contribution in [2.24, 2.45) is 0 Å². The Kier molecular flexibility index (Phi) is 4.64. The van der Waals surface area contributed by atoms with Crippen LogP contribution in [-0.2, 0) is 0 Å². The number of benzene rings is 2. The fourth-order valence-electron chi connectivity index (χ4n) is 3.23. The highest BCUT2D eigenvalue weighted by Gasteiger charge is 2.17. The summed E-state index contributed by atoms with van der Waals surface area (Å²) < 4.78 is 0. The average Bonchev–Trinajstić information content (AvgIpc) is 3.20. The number of rotatable bonds is 4. The molecule has 1 N–H and O–H groups in total. The van der Waals surface area contributed by atoms with Crippen LogP contribution in [0.25, 0.3) is 5.69 Å². The minimum absolute atomic E-state index is 0.253. The molecule has 1 amide bonds. The van der Waals surface area contributed by atoms with Crippen LogP contribution in [0, 0.1) is 0 Å². The number of nitrogens with one attached hydrogen (secondary N) is 1. The molecule has 0 radical (unpaired) electrons. The van der Waals surface area contributed by atoms with Crippen molar-refractivity contribution in [3.63, 3.8) is 0 Å². The zero-order valence-electron chi connectivity index (χ0n) is 14.5. The number of carbonyl (C=O) groups is 1. The normalized spacial score (nSPS) is 14.2. The van der Waals surface area contributed by atoms with Gasteiger partial charge in [-0.15, -0.1) is 5.10 Å². The predicted molar refractivity (Wildman–Crippen MR) is 102 cm³/mol. The first-order valence-electron chi connectivity index (χ1n) is 8.94. The molecule has 6 nitrogen and oxygen atoms in total. The molecule has 1 saturated heterocycles. The summed E-state index contributed by atoms with van der Waals surface area (Å²) in [4.78, 5) is 16.4. The fourth-order valence-corrected chi connectivity index (χ4v) is 3.23. The van der Waals surface area contributed by atoms with Crippen LogP contribution in [-0.4, -0.2) is 34.0 Å². The van der Waals surface area contributed by atoms with Crippen LogP contribution < -0.4 is 10.2 Å². The van der Waals surface area contributed by atoms with Gasteiger partial charge < -0.3 is 10.2 Å². The van der Waals surface area contributed by atoms with Crippen molar-refractivity contribution in [3.8, 4) is 5.69 Å². The maximum atomic E-state index is 12.6. The van der Waals surface area contributed by atoms with Crippen LogP contribution in [0.4, 0.5) is 11.4 Å². The van der Waals surface area contributed by atoms with E-state index in [1.807, 2.05) is 48.5 Å². The van der Waals surface area contributed by atoms with Gasteiger partial charge in [0.15, 0.2) is 5.69 Å². The number of piperidine rings is 1. The van der Waals surface area contributed by atoms with E-state index in [0.29, 0.717) is 5.69 Å². The number of hydrogen-bond donors (Lipinski definition) is 1. The van der Waals surface area contributed by atoms with Crippen molar-refractivity contribution in [2.45, 2.75) is 19.3 Å². The number of nitrogens with zero attached hydrogens (tertiary/aromatic N) is 4. The lowest BCUT2D eigenvalue weighted by molar-refractivity contribution is 0.102. The van der Waals surface area contributed by atoms with Gasteiger partial charge in [0, 0.05) is 13.1 Å². The standard InChI is InChI=1S/C20H21N5O/c26-20(18-15-21-25(23-18)16-9-3-1-4-10-16)22-17-11-5-6-12-19(17)24-13-7-2-8-14-24/h1,3-6,9-12,15H,2,7-8,13-14H2,(H,22,26). The Bertz CT molecular complexity index is 884. The number of carbonyl (C=O) groups excluding carboxylic acids is 1. The van der Waals surface area contributed by atoms with E-state index in [1.54, 1.807) is 0 Å². The van der Waals surface area contributed by atoms with Crippen LogP contribution in [0.5, 0.6) is 0 Å². The molecule has 0 aliphatic carbocycles. The van der Waals surface area contributed by atoms with E-state index in [9.17, 15) is 4.79 Å². The third-order valence-electron chi connectivity index (χ3n) is 4.56. The van der Waals surface area contributed by atoms with E-state index in [-0.39, 0.29) is 5.91 Å². The van der Waals surface area contributed by atoms with Gasteiger partial charge >= 0.3 is 0 Å². The van der Waals surface area contributed by atoms with Gasteiger partial charge in [0.2, 0.25) is 0 Å². The van der Waals surface area contributed by atoms with E-state index in [0.717, 1.165) is 30.2 Å². The molecule has 6 heteroatoms. The molecular formula is C20H21N5O. The second-order valence-corrected chi connectivity index (χ2v) is 6.37. The molecule has 0 atom stereocenters. The van der Waals surface area contributed by atoms with Crippen molar-refractivity contribution in [2.75, 3.05) is 23.3 Å². The molecular weight excluding hydrogens is 326 g/mol. The molecule has 1 fully saturated rings. The van der Waals surface area contributed by atoms with Gasteiger partial charge in [-0.3, -0.25) is 4.79 Å². The quantitative estimate of drug-likeness (QED) is 0.784. The summed E-state index contributed by atoms with van der Waals surface area (Å²) in [5.74, 6) is -0.253. The van der Waals surface area contributed by atoms with Gasteiger partial charge in [0.1, 0.15) is 0 Å². The summed E-state index contributed by atoms with van der Waals surface area (Å²) >= 11 is 0. The van der Waals surface area contributed by atoms with E-state index in [4.69, 9.17) is 0 Å². The Morgan fingerprint density at radius 1 is 0.923 bits per heavy atom. The van der Waals surface area contributed by atoms with Crippen LogP contribution in [0.15, 0.2) is 60.8 Å². The number of aromatic nitrogens is 3. The minimum Gasteiger partial charge on any atom is -0.370 e. The molecule has 26 heavy (non-hydrogen) atoms. The van der Waals surface area contributed by atoms with E-state index in [2.05, 4.69) is 26.5 Å². The second-order valence-electron chi connectivity index (χ2n) is 6.37. The number of anilines is 2. The summed E-state index contributed by atoms with van der Waals surface area (Å²) in [5.41, 5.74) is 2.99. The maximum Gasteiger partial charge on any atom is 0.277 e. The van der Waals surface area contributed by atoms with E-state index < -0.39 is 0 Å². The molecule has 4 rings (SSSR count). The van der Waals surface area contributed by atoms with E-state index in [1.165, 1.54) is 30.3 Å². The summed E-state index contributed by atoms with van der Waals surface area (Å²) in [6.07, 6.45) is 5.14. The average molecular weight is 347 g/mol. The first kappa shape index (κ1) is 16.3. The van der Waals surface area contributed by atoms with Gasteiger partial charge in [0.05, 0.1) is 23.3 Å². The van der Waals surface area contributed by atoms with Crippen molar-refractivity contribution in [3.05, 3.63) is 66.5 Å². The molecule has 0 saturated carbocycles. The lowest BCUT2D eigenvalue weighted by Crippen LogP contribution is -2.30. The Morgan fingerprint density at radius 3 is 2.46 bits per heavy atom. The Hall–Kier alpha value is -3.15. The van der Waals surface area contributed by atoms with Crippen molar-refractivity contribution in [1.29, 1.82) is 0 Å². The van der Waals surface area contributed by atoms with Crippen LogP contribution in [0.1, 0.15) is 29.8 Å². The van der Waals surface area contributed by atoms with Gasteiger partial charge in [-0.25, -0.2) is 0 Å². The molecule has 132 valence electrons. The second kappa shape index (κ2) is 7.39. The molecule has 1 aromatic heterocycles. The Balaban J connectivity index is 1.53. The summed E-state index contributed by atoms with van der Waals surface area (Å²) in [6, 6.07) is 17.5. The zero-order valence-corrected chi connectivity index (χ0v) is 14.5. The molecule has 0 bridgehead atoms. The highest BCUT2D eigenvalue weighted by atomic mass is 16.2. The van der Waals surface area contributed by atoms with Crippen molar-refractivity contribution >= 4 is 17.3 Å². The highest BCUT2D eigenvalue weighted by Crippen LogP contribution is 2.28. The summed E-state index contributed by atoms with van der Waals surface area (Å²) in [7, 11) is 0. The molecule has 3 aromatic rings. The van der Waals surface area contributed by atoms with Gasteiger partial charge in [-0.1, -0.05) is 30.3 Å². The highest BCUT2D eigenvalue weighted by molar-refractivity contribution is 6.04. The first-order chi connectivity index (χ1) is 12.8. The van der Waals surface area contributed by atoms with Crippen LogP contribution in [0.2, 0.25) is 0 Å². The molecule has 0 unspecified atom stereocenters. The van der Waals surface area contributed by atoms with Crippen molar-refractivity contribution < 1.29 is 4.79 Å². The molecule has 1 aliphatic rings. The monoisotopic (exact) mass is 347 g/mol. The maximum absolute atomic E-state index is 12.6.